The molecule has 0 aliphatic rings. The topological polar surface area (TPSA) is 77.2 Å². The molecule has 3 N–H and O–H groups in total. The van der Waals surface area contributed by atoms with E-state index in [1.807, 2.05) is 42.5 Å². The van der Waals surface area contributed by atoms with Gasteiger partial charge in [0, 0.05) is 11.9 Å². The van der Waals surface area contributed by atoms with Gasteiger partial charge in [-0.05, 0) is 34.9 Å². The molecule has 22 heavy (non-hydrogen) atoms. The summed E-state index contributed by atoms with van der Waals surface area (Å²) in [5, 5.41) is 25.7. The van der Waals surface area contributed by atoms with Crippen LogP contribution in [0.2, 0.25) is 5.02 Å². The predicted molar refractivity (Wildman–Crippen MR) is 88.7 cm³/mol. The second kappa shape index (κ2) is 7.20. The molecule has 0 spiro atoms. The van der Waals surface area contributed by atoms with E-state index in [-0.39, 0.29) is 18.2 Å². The van der Waals surface area contributed by atoms with Crippen molar-refractivity contribution in [3.63, 3.8) is 0 Å². The average Bonchev–Trinajstić information content (AvgIpc) is 2.46. The van der Waals surface area contributed by atoms with Gasteiger partial charge in [0.2, 0.25) is 0 Å². The maximum absolute atomic E-state index is 10.2. The van der Waals surface area contributed by atoms with Crippen LogP contribution in [-0.4, -0.2) is 16.9 Å². The Morgan fingerprint density at radius 1 is 1.14 bits per heavy atom. The van der Waals surface area contributed by atoms with E-state index in [1.54, 1.807) is 6.07 Å². The number of nitrogens with one attached hydrogen (secondary N) is 2. The Balaban J connectivity index is 2.17. The van der Waals surface area contributed by atoms with Crippen molar-refractivity contribution in [3.8, 4) is 11.1 Å². The molecule has 114 valence electrons. The third-order valence-corrected chi connectivity index (χ3v) is 3.32. The molecule has 0 bridgehead atoms. The molecular formula is C17H17ClN2O2. The van der Waals surface area contributed by atoms with Crippen molar-refractivity contribution in [2.24, 2.45) is 0 Å². The molecule has 0 aliphatic heterocycles. The van der Waals surface area contributed by atoms with Crippen molar-refractivity contribution in [2.75, 3.05) is 0 Å². The predicted octanol–water partition coefficient (Wildman–Crippen LogP) is 4.42. The van der Waals surface area contributed by atoms with Crippen LogP contribution in [0.3, 0.4) is 0 Å². The van der Waals surface area contributed by atoms with Gasteiger partial charge in [-0.25, -0.2) is 0 Å². The van der Waals surface area contributed by atoms with E-state index in [0.29, 0.717) is 10.6 Å². The van der Waals surface area contributed by atoms with E-state index in [4.69, 9.17) is 27.2 Å². The summed E-state index contributed by atoms with van der Waals surface area (Å²) >= 11 is 6.00. The SMILES string of the molecule is CC(=N)OC(=N)CC(O)c1cccc(-c2cccc(Cl)c2)c1. The highest BCUT2D eigenvalue weighted by Crippen LogP contribution is 2.26. The number of rotatable bonds is 4. The first kappa shape index (κ1) is 16.2. The molecule has 2 aromatic rings. The van der Waals surface area contributed by atoms with Crippen LogP contribution < -0.4 is 0 Å². The number of aliphatic hydroxyl groups excluding tert-OH is 1. The Hall–Kier alpha value is -2.17. The smallest absolute Gasteiger partial charge is 0.191 e. The van der Waals surface area contributed by atoms with Crippen molar-refractivity contribution >= 4 is 23.4 Å². The van der Waals surface area contributed by atoms with Crippen molar-refractivity contribution < 1.29 is 9.84 Å². The fourth-order valence-corrected chi connectivity index (χ4v) is 2.30. The molecule has 4 nitrogen and oxygen atoms in total. The Kier molecular flexibility index (Phi) is 5.31. The summed E-state index contributed by atoms with van der Waals surface area (Å²) in [4.78, 5) is 0. The minimum Gasteiger partial charge on any atom is -0.430 e. The molecular weight excluding hydrogens is 300 g/mol. The standard InChI is InChI=1S/C17H17ClN2O2/c1-11(19)22-17(20)10-16(21)14-6-2-4-12(8-14)13-5-3-7-15(18)9-13/h2-9,16,19-21H,10H2,1H3. The zero-order valence-electron chi connectivity index (χ0n) is 12.1. The van der Waals surface area contributed by atoms with Crippen molar-refractivity contribution in [1.29, 1.82) is 10.8 Å². The molecule has 0 heterocycles. The van der Waals surface area contributed by atoms with Crippen LogP contribution in [0.1, 0.15) is 25.0 Å². The van der Waals surface area contributed by atoms with Gasteiger partial charge in [-0.15, -0.1) is 0 Å². The Labute approximate surface area is 134 Å². The fraction of sp³-hybridized carbons (Fsp3) is 0.176. The van der Waals surface area contributed by atoms with Crippen LogP contribution in [0, 0.1) is 10.8 Å². The van der Waals surface area contributed by atoms with Gasteiger partial charge < -0.3 is 9.84 Å². The number of hydrogen-bond donors (Lipinski definition) is 3. The van der Waals surface area contributed by atoms with E-state index in [1.165, 1.54) is 6.92 Å². The van der Waals surface area contributed by atoms with Crippen LogP contribution in [-0.2, 0) is 4.74 Å². The van der Waals surface area contributed by atoms with Crippen LogP contribution in [0.4, 0.5) is 0 Å². The Bertz CT molecular complexity index is 701. The van der Waals surface area contributed by atoms with Crippen LogP contribution in [0.25, 0.3) is 11.1 Å². The fourth-order valence-electron chi connectivity index (χ4n) is 2.11. The molecule has 0 saturated carbocycles. The third kappa shape index (κ3) is 4.41. The van der Waals surface area contributed by atoms with Gasteiger partial charge in [-0.1, -0.05) is 41.9 Å². The molecule has 2 aromatic carbocycles. The maximum atomic E-state index is 10.2. The Morgan fingerprint density at radius 3 is 2.41 bits per heavy atom. The highest BCUT2D eigenvalue weighted by atomic mass is 35.5. The van der Waals surface area contributed by atoms with Crippen LogP contribution in [0.15, 0.2) is 48.5 Å². The molecule has 0 amide bonds. The molecule has 2 rings (SSSR count). The van der Waals surface area contributed by atoms with Crippen LogP contribution >= 0.6 is 11.6 Å². The zero-order chi connectivity index (χ0) is 16.1. The molecule has 0 saturated heterocycles. The lowest BCUT2D eigenvalue weighted by atomic mass is 9.99. The second-order valence-corrected chi connectivity index (χ2v) is 5.37. The van der Waals surface area contributed by atoms with E-state index < -0.39 is 6.10 Å². The average molecular weight is 317 g/mol. The third-order valence-electron chi connectivity index (χ3n) is 3.08. The molecule has 1 unspecified atom stereocenters. The number of halogens is 1. The molecule has 1 atom stereocenters. The quantitative estimate of drug-likeness (QED) is 0.576. The van der Waals surface area contributed by atoms with E-state index >= 15 is 0 Å². The van der Waals surface area contributed by atoms with Gasteiger partial charge in [0.05, 0.1) is 12.5 Å². The minimum atomic E-state index is -0.856. The first-order chi connectivity index (χ1) is 10.5. The summed E-state index contributed by atoms with van der Waals surface area (Å²) in [5.41, 5.74) is 2.59. The summed E-state index contributed by atoms with van der Waals surface area (Å²) < 4.78 is 4.86. The molecule has 0 fully saturated rings. The first-order valence-electron chi connectivity index (χ1n) is 6.80. The summed E-state index contributed by atoms with van der Waals surface area (Å²) in [6.45, 7) is 1.45. The van der Waals surface area contributed by atoms with Gasteiger partial charge in [0.1, 0.15) is 0 Å². The molecule has 0 aromatic heterocycles. The monoisotopic (exact) mass is 316 g/mol. The lowest BCUT2D eigenvalue weighted by molar-refractivity contribution is 0.180. The maximum Gasteiger partial charge on any atom is 0.191 e. The van der Waals surface area contributed by atoms with Gasteiger partial charge in [0.25, 0.3) is 0 Å². The summed E-state index contributed by atoms with van der Waals surface area (Å²) in [7, 11) is 0. The van der Waals surface area contributed by atoms with Crippen molar-refractivity contribution in [3.05, 3.63) is 59.1 Å². The molecule has 5 heteroatoms. The van der Waals surface area contributed by atoms with Crippen molar-refractivity contribution in [1.82, 2.24) is 0 Å². The van der Waals surface area contributed by atoms with Gasteiger partial charge in [-0.3, -0.25) is 10.8 Å². The van der Waals surface area contributed by atoms with E-state index in [0.717, 1.165) is 11.1 Å². The number of benzene rings is 2. The minimum absolute atomic E-state index is 0.0230. The summed E-state index contributed by atoms with van der Waals surface area (Å²) in [6.07, 6.45) is -0.833. The van der Waals surface area contributed by atoms with Gasteiger partial charge >= 0.3 is 0 Å². The molecule has 0 radical (unpaired) electrons. The number of ether oxygens (including phenoxy) is 1. The zero-order valence-corrected chi connectivity index (χ0v) is 12.9. The summed E-state index contributed by atoms with van der Waals surface area (Å²) in [6, 6.07) is 14.9. The van der Waals surface area contributed by atoms with E-state index in [2.05, 4.69) is 0 Å². The highest BCUT2D eigenvalue weighted by Gasteiger charge is 2.13. The first-order valence-corrected chi connectivity index (χ1v) is 7.18. The largest absolute Gasteiger partial charge is 0.430 e. The number of hydrogen-bond acceptors (Lipinski definition) is 4. The van der Waals surface area contributed by atoms with E-state index in [9.17, 15) is 5.11 Å². The van der Waals surface area contributed by atoms with Gasteiger partial charge in [0.15, 0.2) is 11.8 Å². The number of aliphatic hydroxyl groups is 1. The normalized spacial score (nSPS) is 11.8. The highest BCUT2D eigenvalue weighted by molar-refractivity contribution is 6.30. The van der Waals surface area contributed by atoms with Gasteiger partial charge in [-0.2, -0.15) is 0 Å². The second-order valence-electron chi connectivity index (χ2n) is 4.94. The lowest BCUT2D eigenvalue weighted by Gasteiger charge is -2.13. The summed E-state index contributed by atoms with van der Waals surface area (Å²) in [5.74, 6) is -0.196. The van der Waals surface area contributed by atoms with Crippen molar-refractivity contribution in [2.45, 2.75) is 19.4 Å². The Morgan fingerprint density at radius 2 is 1.77 bits per heavy atom. The molecule has 0 aliphatic carbocycles. The van der Waals surface area contributed by atoms with Crippen LogP contribution in [0.5, 0.6) is 0 Å². The lowest BCUT2D eigenvalue weighted by Crippen LogP contribution is -2.12.